The van der Waals surface area contributed by atoms with Crippen molar-refractivity contribution >= 4 is 17.8 Å². The molecule has 0 spiro atoms. The lowest BCUT2D eigenvalue weighted by molar-refractivity contribution is -0.274. The number of aliphatic hydroxyl groups is 1. The third-order valence-corrected chi connectivity index (χ3v) is 5.84. The number of hydrogen-bond acceptors (Lipinski definition) is 4. The van der Waals surface area contributed by atoms with E-state index in [1.54, 1.807) is 0 Å². The van der Waals surface area contributed by atoms with E-state index in [1.807, 2.05) is 0 Å². The van der Waals surface area contributed by atoms with Crippen LogP contribution in [0.4, 0.5) is 22.4 Å². The Morgan fingerprint density at radius 2 is 1.71 bits per heavy atom. The highest BCUT2D eigenvalue weighted by atomic mass is 35.5. The topological polar surface area (TPSA) is 88.8 Å². The maximum atomic E-state index is 14.1. The SMILES string of the molecule is CC(c1ccc(-c2ccc(OC(=O)O)c(F)c2)cc1Cl)C(O)(c1ccc(=O)n(C)c1)C(F)(F)F. The number of ether oxygens (including phenoxy) is 1. The molecule has 0 fully saturated rings. The molecule has 0 bridgehead atoms. The number of alkyl halides is 3. The molecular formula is C23H18ClF4NO5. The van der Waals surface area contributed by atoms with Crippen molar-refractivity contribution in [2.24, 2.45) is 7.05 Å². The monoisotopic (exact) mass is 499 g/mol. The first-order valence-electron chi connectivity index (χ1n) is 9.72. The van der Waals surface area contributed by atoms with Crippen LogP contribution in [0.2, 0.25) is 5.02 Å². The van der Waals surface area contributed by atoms with Gasteiger partial charge in [-0.3, -0.25) is 4.79 Å². The lowest BCUT2D eigenvalue weighted by Gasteiger charge is -2.37. The zero-order valence-electron chi connectivity index (χ0n) is 17.7. The summed E-state index contributed by atoms with van der Waals surface area (Å²) in [6.45, 7) is 1.15. The predicted molar refractivity (Wildman–Crippen MR) is 116 cm³/mol. The van der Waals surface area contributed by atoms with E-state index < -0.39 is 46.5 Å². The molecule has 2 aromatic carbocycles. The molecule has 0 radical (unpaired) electrons. The van der Waals surface area contributed by atoms with Gasteiger partial charge in [0.25, 0.3) is 0 Å². The number of aromatic nitrogens is 1. The Balaban J connectivity index is 2.04. The molecule has 11 heteroatoms. The Morgan fingerprint density at radius 3 is 2.24 bits per heavy atom. The Hall–Kier alpha value is -3.37. The van der Waals surface area contributed by atoms with Gasteiger partial charge in [-0.1, -0.05) is 36.7 Å². The predicted octanol–water partition coefficient (Wildman–Crippen LogP) is 5.46. The molecule has 0 aliphatic rings. The van der Waals surface area contributed by atoms with Crippen LogP contribution >= 0.6 is 11.6 Å². The maximum Gasteiger partial charge on any atom is 0.511 e. The first kappa shape index (κ1) is 25.3. The average molecular weight is 500 g/mol. The third kappa shape index (κ3) is 4.64. The average Bonchev–Trinajstić information content (AvgIpc) is 2.74. The van der Waals surface area contributed by atoms with E-state index in [0.717, 1.165) is 42.0 Å². The molecule has 0 saturated heterocycles. The number of nitrogens with zero attached hydrogens (tertiary/aromatic N) is 1. The molecule has 6 nitrogen and oxygen atoms in total. The zero-order chi connectivity index (χ0) is 25.4. The summed E-state index contributed by atoms with van der Waals surface area (Å²) in [5.41, 5.74) is -3.89. The van der Waals surface area contributed by atoms with Gasteiger partial charge in [0, 0.05) is 35.8 Å². The number of benzene rings is 2. The molecule has 3 aromatic rings. The van der Waals surface area contributed by atoms with Crippen LogP contribution in [0.15, 0.2) is 59.5 Å². The largest absolute Gasteiger partial charge is 0.511 e. The van der Waals surface area contributed by atoms with E-state index in [0.29, 0.717) is 5.56 Å². The summed E-state index contributed by atoms with van der Waals surface area (Å²) in [6.07, 6.45) is -5.89. The molecule has 2 unspecified atom stereocenters. The van der Waals surface area contributed by atoms with Crippen LogP contribution in [0.1, 0.15) is 24.0 Å². The van der Waals surface area contributed by atoms with E-state index in [1.165, 1.54) is 31.3 Å². The Labute approximate surface area is 195 Å². The number of hydrogen-bond donors (Lipinski definition) is 2. The molecule has 2 N–H and O–H groups in total. The number of halogens is 5. The molecule has 0 saturated carbocycles. The molecule has 0 aliphatic heterocycles. The van der Waals surface area contributed by atoms with Crippen LogP contribution in [-0.4, -0.2) is 27.1 Å². The fourth-order valence-corrected chi connectivity index (χ4v) is 3.96. The second-order valence-corrected chi connectivity index (χ2v) is 8.01. The summed E-state index contributed by atoms with van der Waals surface area (Å²) in [7, 11) is 1.26. The molecule has 34 heavy (non-hydrogen) atoms. The van der Waals surface area contributed by atoms with E-state index in [4.69, 9.17) is 16.7 Å². The van der Waals surface area contributed by atoms with Gasteiger partial charge in [0.15, 0.2) is 17.2 Å². The summed E-state index contributed by atoms with van der Waals surface area (Å²) < 4.78 is 61.8. The van der Waals surface area contributed by atoms with Crippen LogP contribution in [0.3, 0.4) is 0 Å². The van der Waals surface area contributed by atoms with E-state index in [9.17, 15) is 32.3 Å². The molecule has 1 aromatic heterocycles. The molecular weight excluding hydrogens is 482 g/mol. The summed E-state index contributed by atoms with van der Waals surface area (Å²) in [4.78, 5) is 22.2. The van der Waals surface area contributed by atoms with Gasteiger partial charge < -0.3 is 19.5 Å². The number of aryl methyl sites for hydroxylation is 1. The van der Waals surface area contributed by atoms with Crippen LogP contribution in [0.5, 0.6) is 5.75 Å². The molecule has 1 heterocycles. The Morgan fingerprint density at radius 1 is 1.09 bits per heavy atom. The number of carboxylic acid groups (broad SMARTS) is 1. The van der Waals surface area contributed by atoms with Crippen molar-refractivity contribution in [3.05, 3.63) is 87.0 Å². The Bertz CT molecular complexity index is 1310. The van der Waals surface area contributed by atoms with Crippen molar-refractivity contribution < 1.29 is 37.3 Å². The minimum atomic E-state index is -5.12. The van der Waals surface area contributed by atoms with Gasteiger partial charge >= 0.3 is 12.3 Å². The van der Waals surface area contributed by atoms with Gasteiger partial charge in [-0.15, -0.1) is 0 Å². The van der Waals surface area contributed by atoms with Gasteiger partial charge in [-0.05, 0) is 41.0 Å². The molecule has 3 rings (SSSR count). The minimum absolute atomic E-state index is 0.0367. The third-order valence-electron chi connectivity index (χ3n) is 5.51. The van der Waals surface area contributed by atoms with Gasteiger partial charge in [0.2, 0.25) is 5.56 Å². The molecule has 180 valence electrons. The van der Waals surface area contributed by atoms with Crippen molar-refractivity contribution in [1.82, 2.24) is 4.57 Å². The van der Waals surface area contributed by atoms with Gasteiger partial charge in [-0.25, -0.2) is 9.18 Å². The highest BCUT2D eigenvalue weighted by Crippen LogP contribution is 2.49. The Kier molecular flexibility index (Phi) is 6.77. The maximum absolute atomic E-state index is 14.1. The summed E-state index contributed by atoms with van der Waals surface area (Å²) in [5, 5.41) is 19.4. The van der Waals surface area contributed by atoms with E-state index >= 15 is 0 Å². The highest BCUT2D eigenvalue weighted by Gasteiger charge is 2.59. The highest BCUT2D eigenvalue weighted by molar-refractivity contribution is 6.31. The first-order chi connectivity index (χ1) is 15.8. The van der Waals surface area contributed by atoms with Crippen LogP contribution in [0, 0.1) is 5.82 Å². The van der Waals surface area contributed by atoms with E-state index in [2.05, 4.69) is 4.74 Å². The molecule has 0 amide bonds. The van der Waals surface area contributed by atoms with E-state index in [-0.39, 0.29) is 16.1 Å². The van der Waals surface area contributed by atoms with Gasteiger partial charge in [-0.2, -0.15) is 13.2 Å². The lowest BCUT2D eigenvalue weighted by Crippen LogP contribution is -2.47. The first-order valence-corrected chi connectivity index (χ1v) is 10.1. The number of pyridine rings is 1. The second-order valence-electron chi connectivity index (χ2n) is 7.60. The fraction of sp³-hybridized carbons (Fsp3) is 0.217. The van der Waals surface area contributed by atoms with Crippen LogP contribution in [0.25, 0.3) is 11.1 Å². The second kappa shape index (κ2) is 9.11. The van der Waals surface area contributed by atoms with Crippen molar-refractivity contribution in [3.8, 4) is 16.9 Å². The minimum Gasteiger partial charge on any atom is -0.449 e. The van der Waals surface area contributed by atoms with Gasteiger partial charge in [0.05, 0.1) is 0 Å². The molecule has 0 aliphatic carbocycles. The standard InChI is InChI=1S/C23H18ClF4NO5/c1-12(22(33,23(26,27)28)15-5-8-20(30)29(2)11-15)16-6-3-13(9-17(16)24)14-4-7-19(18(25)10-14)34-21(31)32/h3-12,33H,1-2H3,(H,31,32). The number of carbonyl (C=O) groups is 1. The smallest absolute Gasteiger partial charge is 0.449 e. The summed E-state index contributed by atoms with van der Waals surface area (Å²) in [5.74, 6) is -3.07. The number of rotatable bonds is 5. The lowest BCUT2D eigenvalue weighted by atomic mass is 9.78. The van der Waals surface area contributed by atoms with Crippen LogP contribution in [-0.2, 0) is 12.6 Å². The normalized spacial score (nSPS) is 14.4. The summed E-state index contributed by atoms with van der Waals surface area (Å²) >= 11 is 6.28. The fourth-order valence-electron chi connectivity index (χ4n) is 3.62. The summed E-state index contributed by atoms with van der Waals surface area (Å²) in [6, 6.07) is 9.25. The van der Waals surface area contributed by atoms with Crippen molar-refractivity contribution in [3.63, 3.8) is 0 Å². The van der Waals surface area contributed by atoms with Gasteiger partial charge in [0.1, 0.15) is 0 Å². The quantitative estimate of drug-likeness (QED) is 0.277. The van der Waals surface area contributed by atoms with Crippen molar-refractivity contribution in [2.45, 2.75) is 24.6 Å². The zero-order valence-corrected chi connectivity index (χ0v) is 18.5. The van der Waals surface area contributed by atoms with Crippen molar-refractivity contribution in [1.29, 1.82) is 0 Å². The van der Waals surface area contributed by atoms with Crippen molar-refractivity contribution in [2.75, 3.05) is 0 Å². The molecule has 2 atom stereocenters. The van der Waals surface area contributed by atoms with Crippen LogP contribution < -0.4 is 10.3 Å².